The SMILES string of the molecule is CCCC1(CNCCC(=O)NCC)CC1. The summed E-state index contributed by atoms with van der Waals surface area (Å²) < 4.78 is 0. The van der Waals surface area contributed by atoms with Crippen LogP contribution < -0.4 is 10.6 Å². The van der Waals surface area contributed by atoms with E-state index in [1.165, 1.54) is 25.7 Å². The number of nitrogens with one attached hydrogen (secondary N) is 2. The number of carbonyl (C=O) groups excluding carboxylic acids is 1. The normalized spacial score (nSPS) is 17.5. The first-order valence-corrected chi connectivity index (χ1v) is 6.20. The molecule has 1 amide bonds. The van der Waals surface area contributed by atoms with Crippen LogP contribution in [-0.4, -0.2) is 25.5 Å². The molecule has 0 unspecified atom stereocenters. The molecule has 0 aromatic rings. The molecule has 88 valence electrons. The fraction of sp³-hybridized carbons (Fsp3) is 0.917. The lowest BCUT2D eigenvalue weighted by Gasteiger charge is -2.14. The van der Waals surface area contributed by atoms with Crippen LogP contribution in [0.4, 0.5) is 0 Å². The van der Waals surface area contributed by atoms with Crippen molar-refractivity contribution in [1.29, 1.82) is 0 Å². The van der Waals surface area contributed by atoms with Gasteiger partial charge >= 0.3 is 0 Å². The van der Waals surface area contributed by atoms with E-state index in [0.29, 0.717) is 11.8 Å². The Morgan fingerprint density at radius 1 is 1.33 bits per heavy atom. The van der Waals surface area contributed by atoms with Gasteiger partial charge in [0.2, 0.25) is 5.91 Å². The summed E-state index contributed by atoms with van der Waals surface area (Å²) >= 11 is 0. The van der Waals surface area contributed by atoms with Crippen LogP contribution in [0, 0.1) is 5.41 Å². The summed E-state index contributed by atoms with van der Waals surface area (Å²) in [6, 6.07) is 0. The summed E-state index contributed by atoms with van der Waals surface area (Å²) in [7, 11) is 0. The van der Waals surface area contributed by atoms with Gasteiger partial charge in [0.15, 0.2) is 0 Å². The first-order chi connectivity index (χ1) is 7.22. The standard InChI is InChI=1S/C12H24N2O/c1-3-6-12(7-8-12)10-13-9-5-11(15)14-4-2/h13H,3-10H2,1-2H3,(H,14,15). The highest BCUT2D eigenvalue weighted by Crippen LogP contribution is 2.48. The first kappa shape index (κ1) is 12.5. The molecular formula is C12H24N2O. The Morgan fingerprint density at radius 2 is 2.07 bits per heavy atom. The molecular weight excluding hydrogens is 188 g/mol. The van der Waals surface area contributed by atoms with Crippen LogP contribution >= 0.6 is 0 Å². The van der Waals surface area contributed by atoms with E-state index in [1.54, 1.807) is 0 Å². The van der Waals surface area contributed by atoms with E-state index < -0.39 is 0 Å². The predicted octanol–water partition coefficient (Wildman–Crippen LogP) is 1.68. The molecule has 0 bridgehead atoms. The van der Waals surface area contributed by atoms with E-state index in [0.717, 1.165) is 19.6 Å². The summed E-state index contributed by atoms with van der Waals surface area (Å²) in [5, 5.41) is 6.21. The van der Waals surface area contributed by atoms with Gasteiger partial charge < -0.3 is 10.6 Å². The van der Waals surface area contributed by atoms with E-state index in [4.69, 9.17) is 0 Å². The molecule has 1 aliphatic rings. The van der Waals surface area contributed by atoms with Crippen molar-refractivity contribution in [3.8, 4) is 0 Å². The van der Waals surface area contributed by atoms with Crippen LogP contribution in [0.2, 0.25) is 0 Å². The van der Waals surface area contributed by atoms with Gasteiger partial charge in [0.25, 0.3) is 0 Å². The first-order valence-electron chi connectivity index (χ1n) is 6.20. The van der Waals surface area contributed by atoms with Gasteiger partial charge in [-0.3, -0.25) is 4.79 Å². The van der Waals surface area contributed by atoms with Crippen molar-refractivity contribution in [2.45, 2.75) is 46.0 Å². The van der Waals surface area contributed by atoms with Crippen molar-refractivity contribution >= 4 is 5.91 Å². The highest BCUT2D eigenvalue weighted by molar-refractivity contribution is 5.75. The van der Waals surface area contributed by atoms with Crippen molar-refractivity contribution < 1.29 is 4.79 Å². The van der Waals surface area contributed by atoms with E-state index >= 15 is 0 Å². The Bertz CT molecular complexity index is 200. The summed E-state index contributed by atoms with van der Waals surface area (Å²) in [5.74, 6) is 0.158. The maximum Gasteiger partial charge on any atom is 0.221 e. The molecule has 1 aliphatic carbocycles. The third-order valence-electron chi connectivity index (χ3n) is 3.14. The topological polar surface area (TPSA) is 41.1 Å². The summed E-state index contributed by atoms with van der Waals surface area (Å²) in [5.41, 5.74) is 0.593. The molecule has 0 atom stereocenters. The highest BCUT2D eigenvalue weighted by atomic mass is 16.1. The lowest BCUT2D eigenvalue weighted by atomic mass is 10.0. The molecule has 3 nitrogen and oxygen atoms in total. The van der Waals surface area contributed by atoms with Gasteiger partial charge in [-0.05, 0) is 31.6 Å². The van der Waals surface area contributed by atoms with Crippen molar-refractivity contribution in [3.05, 3.63) is 0 Å². The maximum absolute atomic E-state index is 11.2. The zero-order valence-electron chi connectivity index (χ0n) is 10.1. The Kier molecular flexibility index (Phi) is 5.09. The predicted molar refractivity (Wildman–Crippen MR) is 62.7 cm³/mol. The summed E-state index contributed by atoms with van der Waals surface area (Å²) in [6.45, 7) is 6.84. The van der Waals surface area contributed by atoms with E-state index in [1.807, 2.05) is 6.92 Å². The third-order valence-corrected chi connectivity index (χ3v) is 3.14. The molecule has 0 aromatic heterocycles. The largest absolute Gasteiger partial charge is 0.356 e. The number of hydrogen-bond acceptors (Lipinski definition) is 2. The van der Waals surface area contributed by atoms with Gasteiger partial charge in [0.05, 0.1) is 0 Å². The number of hydrogen-bond donors (Lipinski definition) is 2. The lowest BCUT2D eigenvalue weighted by molar-refractivity contribution is -0.120. The second kappa shape index (κ2) is 6.11. The van der Waals surface area contributed by atoms with E-state index in [2.05, 4.69) is 17.6 Å². The van der Waals surface area contributed by atoms with Crippen molar-refractivity contribution in [2.24, 2.45) is 5.41 Å². The second-order valence-electron chi connectivity index (χ2n) is 4.63. The van der Waals surface area contributed by atoms with Crippen molar-refractivity contribution in [3.63, 3.8) is 0 Å². The zero-order valence-corrected chi connectivity index (χ0v) is 10.1. The second-order valence-corrected chi connectivity index (χ2v) is 4.63. The molecule has 0 saturated heterocycles. The fourth-order valence-electron chi connectivity index (χ4n) is 2.06. The Morgan fingerprint density at radius 3 is 2.60 bits per heavy atom. The molecule has 0 aromatic carbocycles. The Balaban J connectivity index is 1.99. The van der Waals surface area contributed by atoms with Gasteiger partial charge in [-0.1, -0.05) is 13.3 Å². The van der Waals surface area contributed by atoms with E-state index in [9.17, 15) is 4.79 Å². The van der Waals surface area contributed by atoms with Crippen molar-refractivity contribution in [1.82, 2.24) is 10.6 Å². The van der Waals surface area contributed by atoms with E-state index in [-0.39, 0.29) is 5.91 Å². The zero-order chi connectivity index (χ0) is 11.1. The summed E-state index contributed by atoms with van der Waals surface area (Å²) in [4.78, 5) is 11.2. The van der Waals surface area contributed by atoms with Gasteiger partial charge in [0, 0.05) is 26.1 Å². The average Bonchev–Trinajstić information content (AvgIpc) is 2.95. The van der Waals surface area contributed by atoms with Crippen molar-refractivity contribution in [2.75, 3.05) is 19.6 Å². The number of rotatable bonds is 8. The van der Waals surface area contributed by atoms with Gasteiger partial charge in [-0.15, -0.1) is 0 Å². The molecule has 2 N–H and O–H groups in total. The molecule has 3 heteroatoms. The molecule has 1 fully saturated rings. The van der Waals surface area contributed by atoms with Crippen LogP contribution in [0.15, 0.2) is 0 Å². The number of amides is 1. The van der Waals surface area contributed by atoms with Crippen LogP contribution in [0.3, 0.4) is 0 Å². The minimum atomic E-state index is 0.158. The van der Waals surface area contributed by atoms with Crippen LogP contribution in [-0.2, 0) is 4.79 Å². The maximum atomic E-state index is 11.2. The average molecular weight is 212 g/mol. The van der Waals surface area contributed by atoms with Gasteiger partial charge in [-0.2, -0.15) is 0 Å². The minimum Gasteiger partial charge on any atom is -0.356 e. The molecule has 1 saturated carbocycles. The molecule has 0 spiro atoms. The fourth-order valence-corrected chi connectivity index (χ4v) is 2.06. The molecule has 0 heterocycles. The van der Waals surface area contributed by atoms with Crippen LogP contribution in [0.25, 0.3) is 0 Å². The Labute approximate surface area is 93.0 Å². The Hall–Kier alpha value is -0.570. The smallest absolute Gasteiger partial charge is 0.221 e. The molecule has 0 aliphatic heterocycles. The lowest BCUT2D eigenvalue weighted by Crippen LogP contribution is -2.30. The third kappa shape index (κ3) is 4.65. The molecule has 1 rings (SSSR count). The summed E-state index contributed by atoms with van der Waals surface area (Å²) in [6.07, 6.45) is 5.96. The molecule has 15 heavy (non-hydrogen) atoms. The molecule has 0 radical (unpaired) electrons. The number of carbonyl (C=O) groups is 1. The minimum absolute atomic E-state index is 0.158. The van der Waals surface area contributed by atoms with Gasteiger partial charge in [-0.25, -0.2) is 0 Å². The highest BCUT2D eigenvalue weighted by Gasteiger charge is 2.40. The monoisotopic (exact) mass is 212 g/mol. The van der Waals surface area contributed by atoms with Gasteiger partial charge in [0.1, 0.15) is 0 Å². The van der Waals surface area contributed by atoms with Crippen LogP contribution in [0.1, 0.15) is 46.0 Å². The van der Waals surface area contributed by atoms with Crippen LogP contribution in [0.5, 0.6) is 0 Å². The quantitative estimate of drug-likeness (QED) is 0.601.